The second kappa shape index (κ2) is 4.96. The Bertz CT molecular complexity index is 773. The van der Waals surface area contributed by atoms with E-state index in [1.165, 1.54) is 16.9 Å². The van der Waals surface area contributed by atoms with Crippen molar-refractivity contribution in [1.29, 1.82) is 0 Å². The highest BCUT2D eigenvalue weighted by atomic mass is 35.5. The van der Waals surface area contributed by atoms with Gasteiger partial charge in [-0.15, -0.1) is 11.3 Å². The van der Waals surface area contributed by atoms with Crippen LogP contribution in [0.1, 0.15) is 5.56 Å². The number of rotatable bonds is 2. The van der Waals surface area contributed by atoms with E-state index in [9.17, 15) is 0 Å². The number of anilines is 1. The van der Waals surface area contributed by atoms with Crippen LogP contribution in [0.2, 0.25) is 4.34 Å². The summed E-state index contributed by atoms with van der Waals surface area (Å²) in [7, 11) is 1.86. The van der Waals surface area contributed by atoms with E-state index < -0.39 is 0 Å². The Labute approximate surface area is 126 Å². The van der Waals surface area contributed by atoms with Crippen LogP contribution in [0.4, 0.5) is 5.82 Å². The van der Waals surface area contributed by atoms with E-state index >= 15 is 0 Å². The zero-order chi connectivity index (χ0) is 14.3. The van der Waals surface area contributed by atoms with E-state index in [4.69, 9.17) is 17.3 Å². The summed E-state index contributed by atoms with van der Waals surface area (Å²) >= 11 is 7.55. The molecule has 5 heteroatoms. The van der Waals surface area contributed by atoms with Crippen LogP contribution in [-0.4, -0.2) is 9.78 Å². The first-order chi connectivity index (χ1) is 9.58. The van der Waals surface area contributed by atoms with Gasteiger partial charge >= 0.3 is 0 Å². The zero-order valence-corrected chi connectivity index (χ0v) is 12.8. The first-order valence-corrected chi connectivity index (χ1v) is 7.41. The van der Waals surface area contributed by atoms with Gasteiger partial charge in [-0.3, -0.25) is 4.68 Å². The summed E-state index contributed by atoms with van der Waals surface area (Å²) in [6.45, 7) is 2.08. The maximum Gasteiger partial charge on any atom is 0.129 e. The third kappa shape index (κ3) is 2.11. The summed E-state index contributed by atoms with van der Waals surface area (Å²) in [5, 5.41) is 4.55. The first kappa shape index (κ1) is 13.2. The normalized spacial score (nSPS) is 10.9. The van der Waals surface area contributed by atoms with Gasteiger partial charge in [0.1, 0.15) is 11.5 Å². The fraction of sp³-hybridized carbons (Fsp3) is 0.133. The Hall–Kier alpha value is -1.78. The van der Waals surface area contributed by atoms with Gasteiger partial charge in [0.2, 0.25) is 0 Å². The van der Waals surface area contributed by atoms with E-state index in [2.05, 4.69) is 24.2 Å². The lowest BCUT2D eigenvalue weighted by Gasteiger charge is -2.06. The average molecular weight is 304 g/mol. The number of benzene rings is 1. The third-order valence-corrected chi connectivity index (χ3v) is 4.55. The number of nitrogens with zero attached hydrogens (tertiary/aromatic N) is 2. The van der Waals surface area contributed by atoms with Crippen LogP contribution in [0.25, 0.3) is 21.7 Å². The maximum atomic E-state index is 6.22. The Kier molecular flexibility index (Phi) is 3.28. The van der Waals surface area contributed by atoms with Crippen LogP contribution in [0.5, 0.6) is 0 Å². The van der Waals surface area contributed by atoms with Crippen molar-refractivity contribution in [3.8, 4) is 21.7 Å². The molecule has 1 aromatic carbocycles. The highest BCUT2D eigenvalue weighted by Crippen LogP contribution is 2.40. The highest BCUT2D eigenvalue weighted by Gasteiger charge is 2.19. The lowest BCUT2D eigenvalue weighted by atomic mass is 10.00. The molecule has 2 aromatic heterocycles. The molecule has 102 valence electrons. The Morgan fingerprint density at radius 3 is 2.60 bits per heavy atom. The molecule has 3 rings (SSSR count). The summed E-state index contributed by atoms with van der Waals surface area (Å²) < 4.78 is 2.46. The largest absolute Gasteiger partial charge is 0.383 e. The lowest BCUT2D eigenvalue weighted by Crippen LogP contribution is -1.98. The van der Waals surface area contributed by atoms with Gasteiger partial charge in [0, 0.05) is 7.05 Å². The van der Waals surface area contributed by atoms with Crippen molar-refractivity contribution in [2.24, 2.45) is 7.05 Å². The number of nitrogen functional groups attached to an aromatic ring is 1. The summed E-state index contributed by atoms with van der Waals surface area (Å²) in [6, 6.07) is 12.0. The Balaban J connectivity index is 2.28. The average Bonchev–Trinajstić information content (AvgIpc) is 2.96. The molecule has 0 aliphatic carbocycles. The molecule has 0 aliphatic heterocycles. The van der Waals surface area contributed by atoms with Gasteiger partial charge in [0.15, 0.2) is 0 Å². The Morgan fingerprint density at radius 2 is 1.95 bits per heavy atom. The predicted octanol–water partition coefficient (Wildman–Crippen LogP) is 4.36. The molecule has 3 nitrogen and oxygen atoms in total. The molecule has 0 fully saturated rings. The maximum absolute atomic E-state index is 6.22. The number of hydrogen-bond acceptors (Lipinski definition) is 3. The van der Waals surface area contributed by atoms with Gasteiger partial charge in [-0.25, -0.2) is 0 Å². The summed E-state index contributed by atoms with van der Waals surface area (Å²) in [4.78, 5) is 1.03. The van der Waals surface area contributed by atoms with Gasteiger partial charge in [-0.05, 0) is 30.2 Å². The molecule has 0 unspecified atom stereocenters. The van der Waals surface area contributed by atoms with E-state index in [1.807, 2.05) is 31.3 Å². The number of nitrogens with two attached hydrogens (primary N) is 1. The second-order valence-electron chi connectivity index (χ2n) is 4.65. The molecule has 0 radical (unpaired) electrons. The van der Waals surface area contributed by atoms with Crippen LogP contribution in [0, 0.1) is 6.92 Å². The minimum Gasteiger partial charge on any atom is -0.383 e. The number of aromatic nitrogens is 2. The van der Waals surface area contributed by atoms with E-state index in [0.29, 0.717) is 5.82 Å². The fourth-order valence-electron chi connectivity index (χ4n) is 2.27. The third-order valence-electron chi connectivity index (χ3n) is 3.31. The van der Waals surface area contributed by atoms with Crippen molar-refractivity contribution in [2.45, 2.75) is 6.92 Å². The quantitative estimate of drug-likeness (QED) is 0.764. The van der Waals surface area contributed by atoms with Gasteiger partial charge in [-0.2, -0.15) is 5.10 Å². The minimum absolute atomic E-state index is 0.666. The summed E-state index contributed by atoms with van der Waals surface area (Å²) in [6.07, 6.45) is 0. The fourth-order valence-corrected chi connectivity index (χ4v) is 3.30. The van der Waals surface area contributed by atoms with Crippen LogP contribution in [0.15, 0.2) is 36.4 Å². The number of hydrogen-bond donors (Lipinski definition) is 1. The molecule has 0 saturated heterocycles. The summed E-state index contributed by atoms with van der Waals surface area (Å²) in [5.74, 6) is 0.666. The van der Waals surface area contributed by atoms with E-state index in [0.717, 1.165) is 26.0 Å². The zero-order valence-electron chi connectivity index (χ0n) is 11.2. The van der Waals surface area contributed by atoms with Crippen molar-refractivity contribution in [3.05, 3.63) is 46.3 Å². The number of aryl methyl sites for hydroxylation is 2. The summed E-state index contributed by atoms with van der Waals surface area (Å²) in [5.41, 5.74) is 10.4. The van der Waals surface area contributed by atoms with Gasteiger partial charge < -0.3 is 5.73 Å². The van der Waals surface area contributed by atoms with Crippen molar-refractivity contribution in [1.82, 2.24) is 9.78 Å². The van der Waals surface area contributed by atoms with E-state index in [1.54, 1.807) is 4.68 Å². The highest BCUT2D eigenvalue weighted by molar-refractivity contribution is 7.19. The van der Waals surface area contributed by atoms with E-state index in [-0.39, 0.29) is 0 Å². The van der Waals surface area contributed by atoms with Crippen LogP contribution >= 0.6 is 22.9 Å². The first-order valence-electron chi connectivity index (χ1n) is 6.22. The molecular weight excluding hydrogens is 290 g/mol. The molecule has 2 N–H and O–H groups in total. The lowest BCUT2D eigenvalue weighted by molar-refractivity contribution is 0.783. The van der Waals surface area contributed by atoms with Crippen molar-refractivity contribution in [3.63, 3.8) is 0 Å². The molecule has 0 aliphatic rings. The van der Waals surface area contributed by atoms with Crippen molar-refractivity contribution < 1.29 is 0 Å². The van der Waals surface area contributed by atoms with Crippen LogP contribution < -0.4 is 5.73 Å². The van der Waals surface area contributed by atoms with Gasteiger partial charge in [0.05, 0.1) is 14.8 Å². The molecule has 0 spiro atoms. The minimum atomic E-state index is 0.666. The molecule has 0 amide bonds. The molecular formula is C15H14ClN3S. The van der Waals surface area contributed by atoms with Crippen LogP contribution in [-0.2, 0) is 7.05 Å². The molecule has 0 saturated carbocycles. The predicted molar refractivity (Wildman–Crippen MR) is 86.1 cm³/mol. The van der Waals surface area contributed by atoms with Gasteiger partial charge in [0.25, 0.3) is 0 Å². The second-order valence-corrected chi connectivity index (χ2v) is 6.37. The van der Waals surface area contributed by atoms with Crippen molar-refractivity contribution >= 4 is 28.8 Å². The molecule has 3 aromatic rings. The molecule has 0 bridgehead atoms. The number of thiophene rings is 1. The molecule has 0 atom stereocenters. The SMILES string of the molecule is Cc1ccccc1-c1c(-c2ccc(Cl)s2)nn(C)c1N. The number of halogens is 1. The van der Waals surface area contributed by atoms with Gasteiger partial charge in [-0.1, -0.05) is 35.9 Å². The monoisotopic (exact) mass is 303 g/mol. The smallest absolute Gasteiger partial charge is 0.129 e. The van der Waals surface area contributed by atoms with Crippen molar-refractivity contribution in [2.75, 3.05) is 5.73 Å². The molecule has 2 heterocycles. The molecule has 20 heavy (non-hydrogen) atoms. The topological polar surface area (TPSA) is 43.8 Å². The Morgan fingerprint density at radius 1 is 1.20 bits per heavy atom. The standard InChI is InChI=1S/C15H14ClN3S/c1-9-5-3-4-6-10(9)13-14(18-19(2)15(13)17)11-7-8-12(16)20-11/h3-8H,17H2,1-2H3. The van der Waals surface area contributed by atoms with Crippen LogP contribution in [0.3, 0.4) is 0 Å².